The van der Waals surface area contributed by atoms with E-state index in [-0.39, 0.29) is 11.5 Å². The molecule has 0 saturated heterocycles. The maximum absolute atomic E-state index is 12.1. The lowest BCUT2D eigenvalue weighted by molar-refractivity contribution is -0.121. The first-order valence-corrected chi connectivity index (χ1v) is 12.1. The number of carbonyl (C=O) groups excluding carboxylic acids is 1. The number of H-pyrrole nitrogens is 1. The van der Waals surface area contributed by atoms with Crippen molar-refractivity contribution in [2.45, 2.75) is 96.8 Å². The molecule has 0 radical (unpaired) electrons. The molecule has 170 valence electrons. The van der Waals surface area contributed by atoms with Gasteiger partial charge in [0.15, 0.2) is 0 Å². The van der Waals surface area contributed by atoms with Crippen LogP contribution >= 0.6 is 0 Å². The van der Waals surface area contributed by atoms with Gasteiger partial charge in [0.2, 0.25) is 5.91 Å². The predicted octanol–water partition coefficient (Wildman–Crippen LogP) is 6.46. The van der Waals surface area contributed by atoms with Crippen molar-refractivity contribution in [3.05, 3.63) is 46.2 Å². The van der Waals surface area contributed by atoms with Gasteiger partial charge in [-0.25, -0.2) is 5.43 Å². The molecule has 5 heteroatoms. The SMILES string of the molecule is CCCCCCCCCCCCCCCC(=O)N/N=C/c1cc2ccccc2[nH]c1=O. The molecule has 31 heavy (non-hydrogen) atoms. The first-order chi connectivity index (χ1) is 15.2. The van der Waals surface area contributed by atoms with E-state index in [1.165, 1.54) is 76.8 Å². The lowest BCUT2D eigenvalue weighted by Gasteiger charge is -2.03. The van der Waals surface area contributed by atoms with Crippen molar-refractivity contribution in [3.8, 4) is 0 Å². The molecule has 0 spiro atoms. The monoisotopic (exact) mass is 425 g/mol. The minimum atomic E-state index is -0.215. The van der Waals surface area contributed by atoms with Crippen LogP contribution in [0.15, 0.2) is 40.2 Å². The van der Waals surface area contributed by atoms with E-state index in [2.05, 4.69) is 22.4 Å². The van der Waals surface area contributed by atoms with Gasteiger partial charge in [-0.3, -0.25) is 9.59 Å². The Morgan fingerprint density at radius 3 is 2.13 bits per heavy atom. The molecule has 0 unspecified atom stereocenters. The van der Waals surface area contributed by atoms with Crippen LogP contribution in [0.4, 0.5) is 0 Å². The molecule has 0 atom stereocenters. The average molecular weight is 426 g/mol. The smallest absolute Gasteiger partial charge is 0.257 e. The number of rotatable bonds is 16. The van der Waals surface area contributed by atoms with Gasteiger partial charge in [-0.15, -0.1) is 0 Å². The molecule has 1 aromatic carbocycles. The van der Waals surface area contributed by atoms with Gasteiger partial charge < -0.3 is 4.98 Å². The first kappa shape index (κ1) is 24.8. The van der Waals surface area contributed by atoms with Gasteiger partial charge in [-0.05, 0) is 23.9 Å². The van der Waals surface area contributed by atoms with E-state index in [1.807, 2.05) is 24.3 Å². The standard InChI is InChI=1S/C26H39N3O2/c1-2-3-4-5-6-7-8-9-10-11-12-13-14-19-25(30)29-27-21-23-20-22-17-15-16-18-24(22)28-26(23)31/h15-18,20-21H,2-14,19H2,1H3,(H,28,31)(H,29,30)/b27-21+. The summed E-state index contributed by atoms with van der Waals surface area (Å²) in [5.41, 5.74) is 3.53. The second-order valence-corrected chi connectivity index (χ2v) is 8.43. The second kappa shape index (κ2) is 15.4. The van der Waals surface area contributed by atoms with Gasteiger partial charge in [0, 0.05) is 11.9 Å². The maximum Gasteiger partial charge on any atom is 0.257 e. The van der Waals surface area contributed by atoms with Gasteiger partial charge in [-0.1, -0.05) is 102 Å². The molecule has 2 rings (SSSR count). The fraction of sp³-hybridized carbons (Fsp3) is 0.577. The van der Waals surface area contributed by atoms with Crippen molar-refractivity contribution in [2.24, 2.45) is 5.10 Å². The third-order valence-electron chi connectivity index (χ3n) is 5.68. The summed E-state index contributed by atoms with van der Waals surface area (Å²) in [4.78, 5) is 26.8. The number of amides is 1. The van der Waals surface area contributed by atoms with E-state index in [9.17, 15) is 9.59 Å². The summed E-state index contributed by atoms with van der Waals surface area (Å²) in [6.07, 6.45) is 18.6. The van der Waals surface area contributed by atoms with Gasteiger partial charge in [-0.2, -0.15) is 5.10 Å². The molecular formula is C26H39N3O2. The van der Waals surface area contributed by atoms with Crippen LogP contribution in [0.3, 0.4) is 0 Å². The molecular weight excluding hydrogens is 386 g/mol. The number of fused-ring (bicyclic) bond motifs is 1. The van der Waals surface area contributed by atoms with Gasteiger partial charge in [0.25, 0.3) is 5.56 Å². The highest BCUT2D eigenvalue weighted by Crippen LogP contribution is 2.13. The number of hydrogen-bond donors (Lipinski definition) is 2. The van der Waals surface area contributed by atoms with E-state index < -0.39 is 0 Å². The largest absolute Gasteiger partial charge is 0.321 e. The summed E-state index contributed by atoms with van der Waals surface area (Å²) in [6.45, 7) is 2.26. The van der Waals surface area contributed by atoms with E-state index in [0.717, 1.165) is 23.7 Å². The zero-order valence-corrected chi connectivity index (χ0v) is 19.1. The van der Waals surface area contributed by atoms with E-state index >= 15 is 0 Å². The topological polar surface area (TPSA) is 74.3 Å². The summed E-state index contributed by atoms with van der Waals surface area (Å²) >= 11 is 0. The van der Waals surface area contributed by atoms with E-state index in [4.69, 9.17) is 0 Å². The van der Waals surface area contributed by atoms with Crippen molar-refractivity contribution in [1.82, 2.24) is 10.4 Å². The Kier molecular flexibility index (Phi) is 12.3. The number of para-hydroxylation sites is 1. The Hall–Kier alpha value is -2.43. The van der Waals surface area contributed by atoms with Crippen LogP contribution in [-0.2, 0) is 4.79 Å². The Balaban J connectivity index is 1.49. The van der Waals surface area contributed by atoms with Gasteiger partial charge in [0.1, 0.15) is 0 Å². The molecule has 1 heterocycles. The third-order valence-corrected chi connectivity index (χ3v) is 5.68. The highest BCUT2D eigenvalue weighted by atomic mass is 16.2. The van der Waals surface area contributed by atoms with E-state index in [0.29, 0.717) is 12.0 Å². The molecule has 1 amide bonds. The molecule has 0 fully saturated rings. The number of pyridine rings is 1. The van der Waals surface area contributed by atoms with E-state index in [1.54, 1.807) is 6.07 Å². The fourth-order valence-corrected chi connectivity index (χ4v) is 3.79. The van der Waals surface area contributed by atoms with Crippen molar-refractivity contribution in [2.75, 3.05) is 0 Å². The summed E-state index contributed by atoms with van der Waals surface area (Å²) in [5.74, 6) is -0.100. The average Bonchev–Trinajstić information content (AvgIpc) is 2.77. The van der Waals surface area contributed by atoms with Crippen LogP contribution in [0.1, 0.15) is 102 Å². The van der Waals surface area contributed by atoms with Crippen LogP contribution in [0.25, 0.3) is 10.9 Å². The first-order valence-electron chi connectivity index (χ1n) is 12.1. The Bertz CT molecular complexity index is 857. The lowest BCUT2D eigenvalue weighted by Crippen LogP contribution is -2.18. The zero-order valence-electron chi connectivity index (χ0n) is 19.1. The number of hydrogen-bond acceptors (Lipinski definition) is 3. The quantitative estimate of drug-likeness (QED) is 0.184. The van der Waals surface area contributed by atoms with Crippen LogP contribution in [0.2, 0.25) is 0 Å². The molecule has 0 aliphatic heterocycles. The van der Waals surface area contributed by atoms with Crippen LogP contribution in [0, 0.1) is 0 Å². The molecule has 2 aromatic rings. The summed E-state index contributed by atoms with van der Waals surface area (Å²) in [6, 6.07) is 9.35. The van der Waals surface area contributed by atoms with Crippen LogP contribution in [-0.4, -0.2) is 17.1 Å². The van der Waals surface area contributed by atoms with Gasteiger partial charge in [0.05, 0.1) is 11.8 Å². The number of hydrazone groups is 1. The normalized spacial score (nSPS) is 11.4. The Labute approximate surface area is 186 Å². The number of aromatic amines is 1. The fourth-order valence-electron chi connectivity index (χ4n) is 3.79. The number of aromatic nitrogens is 1. The molecule has 0 bridgehead atoms. The highest BCUT2D eigenvalue weighted by Gasteiger charge is 2.02. The highest BCUT2D eigenvalue weighted by molar-refractivity contribution is 5.88. The molecule has 0 aliphatic carbocycles. The third kappa shape index (κ3) is 10.4. The number of unbranched alkanes of at least 4 members (excludes halogenated alkanes) is 12. The summed E-state index contributed by atoms with van der Waals surface area (Å²) < 4.78 is 0. The molecule has 5 nitrogen and oxygen atoms in total. The number of benzene rings is 1. The van der Waals surface area contributed by atoms with Crippen LogP contribution in [0.5, 0.6) is 0 Å². The van der Waals surface area contributed by atoms with Crippen molar-refractivity contribution >= 4 is 23.0 Å². The molecule has 1 aromatic heterocycles. The molecule has 0 saturated carbocycles. The predicted molar refractivity (Wildman–Crippen MR) is 131 cm³/mol. The minimum absolute atomic E-state index is 0.100. The number of nitrogens with one attached hydrogen (secondary N) is 2. The van der Waals surface area contributed by atoms with Crippen molar-refractivity contribution in [1.29, 1.82) is 0 Å². The lowest BCUT2D eigenvalue weighted by atomic mass is 10.0. The Morgan fingerprint density at radius 2 is 1.48 bits per heavy atom. The number of nitrogens with zero attached hydrogens (tertiary/aromatic N) is 1. The number of carbonyl (C=O) groups is 1. The Morgan fingerprint density at radius 1 is 0.903 bits per heavy atom. The molecule has 2 N–H and O–H groups in total. The zero-order chi connectivity index (χ0) is 22.2. The van der Waals surface area contributed by atoms with Crippen LogP contribution < -0.4 is 11.0 Å². The summed E-state index contributed by atoms with van der Waals surface area (Å²) in [7, 11) is 0. The summed E-state index contributed by atoms with van der Waals surface area (Å²) in [5, 5.41) is 4.88. The second-order valence-electron chi connectivity index (χ2n) is 8.43. The van der Waals surface area contributed by atoms with Crippen molar-refractivity contribution in [3.63, 3.8) is 0 Å². The molecule has 0 aliphatic rings. The van der Waals surface area contributed by atoms with Crippen molar-refractivity contribution < 1.29 is 4.79 Å². The maximum atomic E-state index is 12.1. The van der Waals surface area contributed by atoms with Gasteiger partial charge >= 0.3 is 0 Å². The minimum Gasteiger partial charge on any atom is -0.321 e.